The minimum Gasteiger partial charge on any atom is -0.345 e. The van der Waals surface area contributed by atoms with E-state index in [0.29, 0.717) is 37.5 Å². The largest absolute Gasteiger partial charge is 0.405 e. The van der Waals surface area contributed by atoms with Crippen LogP contribution < -0.4 is 15.5 Å². The molecule has 1 saturated carbocycles. The molecule has 2 heterocycles. The van der Waals surface area contributed by atoms with Crippen LogP contribution in [0, 0.1) is 0 Å². The summed E-state index contributed by atoms with van der Waals surface area (Å²) in [5, 5.41) is 5.14. The van der Waals surface area contributed by atoms with Crippen molar-refractivity contribution in [2.24, 2.45) is 0 Å². The molecule has 1 aliphatic carbocycles. The maximum absolute atomic E-state index is 13.4. The number of rotatable bonds is 4. The maximum Gasteiger partial charge on any atom is 0.405 e. The molecular weight excluding hydrogens is 359 g/mol. The summed E-state index contributed by atoms with van der Waals surface area (Å²) in [6, 6.07) is 5.74. The third-order valence-corrected chi connectivity index (χ3v) is 5.76. The smallest absolute Gasteiger partial charge is 0.345 e. The van der Waals surface area contributed by atoms with E-state index in [-0.39, 0.29) is 12.5 Å². The topological polar surface area (TPSA) is 61.4 Å². The summed E-state index contributed by atoms with van der Waals surface area (Å²) in [5.74, 6) is -0.512. The van der Waals surface area contributed by atoms with E-state index in [1.165, 1.54) is 10.5 Å². The number of hydrogen-bond acceptors (Lipinski definition) is 3. The van der Waals surface area contributed by atoms with Gasteiger partial charge in [-0.25, -0.2) is 0 Å². The molecule has 3 aliphatic rings. The number of nitrogens with one attached hydrogen (secondary N) is 2. The predicted octanol–water partition coefficient (Wildman–Crippen LogP) is 2.21. The van der Waals surface area contributed by atoms with Gasteiger partial charge in [0, 0.05) is 5.69 Å². The molecule has 8 heteroatoms. The van der Waals surface area contributed by atoms with Crippen molar-refractivity contribution in [1.29, 1.82) is 0 Å². The van der Waals surface area contributed by atoms with Gasteiger partial charge in [-0.15, -0.1) is 0 Å². The van der Waals surface area contributed by atoms with Crippen LogP contribution in [0.4, 0.5) is 18.9 Å². The number of halogens is 3. The van der Waals surface area contributed by atoms with E-state index in [0.717, 1.165) is 18.4 Å². The Morgan fingerprint density at radius 2 is 1.96 bits per heavy atom. The van der Waals surface area contributed by atoms with Gasteiger partial charge in [-0.1, -0.05) is 12.1 Å². The van der Waals surface area contributed by atoms with E-state index >= 15 is 0 Å². The molecule has 0 aromatic heterocycles. The van der Waals surface area contributed by atoms with Crippen molar-refractivity contribution in [3.8, 4) is 0 Å². The fraction of sp³-hybridized carbons (Fsp3) is 0.579. The van der Waals surface area contributed by atoms with Gasteiger partial charge >= 0.3 is 6.18 Å². The highest BCUT2D eigenvalue weighted by Crippen LogP contribution is 2.53. The van der Waals surface area contributed by atoms with Crippen LogP contribution >= 0.6 is 0 Å². The Labute approximate surface area is 155 Å². The molecular formula is C19H22F3N3O2. The first-order valence-corrected chi connectivity index (χ1v) is 9.31. The Morgan fingerprint density at radius 3 is 2.59 bits per heavy atom. The molecule has 27 heavy (non-hydrogen) atoms. The molecule has 0 radical (unpaired) electrons. The van der Waals surface area contributed by atoms with Gasteiger partial charge in [-0.05, 0) is 61.9 Å². The van der Waals surface area contributed by atoms with Crippen molar-refractivity contribution in [1.82, 2.24) is 10.6 Å². The molecule has 146 valence electrons. The molecule has 0 bridgehead atoms. The molecule has 2 N–H and O–H groups in total. The first-order valence-electron chi connectivity index (χ1n) is 9.31. The second-order valence-electron chi connectivity index (χ2n) is 7.63. The summed E-state index contributed by atoms with van der Waals surface area (Å²) in [6.07, 6.45) is -1.01. The minimum absolute atomic E-state index is 0.158. The summed E-state index contributed by atoms with van der Waals surface area (Å²) in [5.41, 5.74) is 2.20. The van der Waals surface area contributed by atoms with Crippen molar-refractivity contribution < 1.29 is 22.8 Å². The van der Waals surface area contributed by atoms with Crippen LogP contribution in [0.25, 0.3) is 0 Å². The third kappa shape index (κ3) is 3.31. The standard InChI is InChI=1S/C19H22F3N3O2/c20-19(21,22)11-24-15(26)10-25-14-3-1-2-13(12-4-5-12)16(14)18(17(25)27)6-8-23-9-7-18/h1-3,12,23H,4-11H2,(H,24,26). The van der Waals surface area contributed by atoms with Crippen molar-refractivity contribution in [2.75, 3.05) is 31.1 Å². The quantitative estimate of drug-likeness (QED) is 0.841. The number of alkyl halides is 3. The normalized spacial score (nSPS) is 21.4. The Balaban J connectivity index is 1.66. The van der Waals surface area contributed by atoms with Gasteiger partial charge in [-0.2, -0.15) is 13.2 Å². The summed E-state index contributed by atoms with van der Waals surface area (Å²) in [6.45, 7) is -0.361. The van der Waals surface area contributed by atoms with Gasteiger partial charge in [0.15, 0.2) is 0 Å². The Kier molecular flexibility index (Phi) is 4.41. The lowest BCUT2D eigenvalue weighted by Gasteiger charge is -2.34. The second kappa shape index (κ2) is 6.51. The van der Waals surface area contributed by atoms with E-state index in [1.807, 2.05) is 17.4 Å². The van der Waals surface area contributed by atoms with E-state index in [9.17, 15) is 22.8 Å². The number of amides is 2. The number of carbonyl (C=O) groups excluding carboxylic acids is 2. The van der Waals surface area contributed by atoms with Crippen molar-refractivity contribution in [3.05, 3.63) is 29.3 Å². The van der Waals surface area contributed by atoms with E-state index < -0.39 is 24.0 Å². The molecule has 4 rings (SSSR count). The predicted molar refractivity (Wildman–Crippen MR) is 93.6 cm³/mol. The number of hydrogen-bond donors (Lipinski definition) is 2. The summed E-state index contributed by atoms with van der Waals surface area (Å²) in [4.78, 5) is 26.8. The number of anilines is 1. The molecule has 0 unspecified atom stereocenters. The number of carbonyl (C=O) groups is 2. The van der Waals surface area contributed by atoms with Crippen molar-refractivity contribution >= 4 is 17.5 Å². The molecule has 5 nitrogen and oxygen atoms in total. The molecule has 1 saturated heterocycles. The lowest BCUT2D eigenvalue weighted by Crippen LogP contribution is -2.50. The molecule has 1 aromatic rings. The van der Waals surface area contributed by atoms with Gasteiger partial charge in [0.05, 0.1) is 5.41 Å². The second-order valence-corrected chi connectivity index (χ2v) is 7.63. The average molecular weight is 381 g/mol. The average Bonchev–Trinajstić information content (AvgIpc) is 3.45. The van der Waals surface area contributed by atoms with Crippen LogP contribution in [0.5, 0.6) is 0 Å². The lowest BCUT2D eigenvalue weighted by atomic mass is 9.72. The SMILES string of the molecule is O=C(CN1C(=O)C2(CCNCC2)c2c(C3CC3)cccc21)NCC(F)(F)F. The van der Waals surface area contributed by atoms with Gasteiger partial charge < -0.3 is 15.5 Å². The first kappa shape index (κ1) is 18.3. The van der Waals surface area contributed by atoms with Crippen LogP contribution in [0.15, 0.2) is 18.2 Å². The van der Waals surface area contributed by atoms with E-state index in [4.69, 9.17) is 0 Å². The Bertz CT molecular complexity index is 768. The zero-order chi connectivity index (χ0) is 19.2. The van der Waals surface area contributed by atoms with Crippen LogP contribution in [-0.4, -0.2) is 44.2 Å². The molecule has 1 aromatic carbocycles. The van der Waals surface area contributed by atoms with E-state index in [1.54, 1.807) is 0 Å². The highest BCUT2D eigenvalue weighted by molar-refractivity contribution is 6.11. The molecule has 0 atom stereocenters. The molecule has 1 spiro atoms. The first-order chi connectivity index (χ1) is 12.8. The van der Waals surface area contributed by atoms with E-state index in [2.05, 4.69) is 11.4 Å². The lowest BCUT2D eigenvalue weighted by molar-refractivity contribution is -0.138. The van der Waals surface area contributed by atoms with Crippen LogP contribution in [-0.2, 0) is 15.0 Å². The van der Waals surface area contributed by atoms with Gasteiger partial charge in [-0.3, -0.25) is 9.59 Å². The third-order valence-electron chi connectivity index (χ3n) is 5.76. The highest BCUT2D eigenvalue weighted by atomic mass is 19.4. The summed E-state index contributed by atoms with van der Waals surface area (Å²) in [7, 11) is 0. The minimum atomic E-state index is -4.47. The van der Waals surface area contributed by atoms with Crippen LogP contribution in [0.3, 0.4) is 0 Å². The van der Waals surface area contributed by atoms with Gasteiger partial charge in [0.25, 0.3) is 0 Å². The highest BCUT2D eigenvalue weighted by Gasteiger charge is 2.53. The number of nitrogens with zero attached hydrogens (tertiary/aromatic N) is 1. The molecule has 2 aliphatic heterocycles. The summed E-state index contributed by atoms with van der Waals surface area (Å²) < 4.78 is 37.1. The number of fused-ring (bicyclic) bond motifs is 2. The monoisotopic (exact) mass is 381 g/mol. The molecule has 2 fully saturated rings. The van der Waals surface area contributed by atoms with Gasteiger partial charge in [0.2, 0.25) is 11.8 Å². The fourth-order valence-corrected chi connectivity index (χ4v) is 4.39. The maximum atomic E-state index is 13.4. The van der Waals surface area contributed by atoms with Crippen LogP contribution in [0.2, 0.25) is 0 Å². The van der Waals surface area contributed by atoms with Gasteiger partial charge in [0.1, 0.15) is 13.1 Å². The van der Waals surface area contributed by atoms with Crippen LogP contribution in [0.1, 0.15) is 42.7 Å². The fourth-order valence-electron chi connectivity index (χ4n) is 4.39. The number of piperidine rings is 1. The van der Waals surface area contributed by atoms with Crippen molar-refractivity contribution in [3.63, 3.8) is 0 Å². The summed E-state index contributed by atoms with van der Waals surface area (Å²) >= 11 is 0. The van der Waals surface area contributed by atoms with Crippen molar-refractivity contribution in [2.45, 2.75) is 43.2 Å². The number of benzene rings is 1. The zero-order valence-corrected chi connectivity index (χ0v) is 14.9. The Morgan fingerprint density at radius 1 is 1.26 bits per heavy atom. The Hall–Kier alpha value is -2.09. The molecule has 2 amide bonds. The zero-order valence-electron chi connectivity index (χ0n) is 14.9.